The van der Waals surface area contributed by atoms with Gasteiger partial charge in [0.25, 0.3) is 0 Å². The molecule has 2 aliphatic heterocycles. The van der Waals surface area contributed by atoms with Crippen molar-refractivity contribution in [2.24, 2.45) is 0 Å². The van der Waals surface area contributed by atoms with E-state index in [9.17, 15) is 0 Å². The van der Waals surface area contributed by atoms with Crippen molar-refractivity contribution in [1.29, 1.82) is 5.26 Å². The van der Waals surface area contributed by atoms with E-state index in [4.69, 9.17) is 5.26 Å². The normalized spacial score (nSPS) is 26.7. The molecular weight excluding hydrogens is 236 g/mol. The molecule has 0 saturated carbocycles. The lowest BCUT2D eigenvalue weighted by molar-refractivity contribution is 0.188. The number of nitrogens with zero attached hydrogens (tertiary/aromatic N) is 3. The first-order valence-electron chi connectivity index (χ1n) is 7.14. The van der Waals surface area contributed by atoms with Crippen molar-refractivity contribution in [1.82, 2.24) is 9.88 Å². The largest absolute Gasteiger partial charge is 0.367 e. The Hall–Kier alpha value is -1.60. The van der Waals surface area contributed by atoms with E-state index in [-0.39, 0.29) is 0 Å². The molecule has 19 heavy (non-hydrogen) atoms. The van der Waals surface area contributed by atoms with E-state index in [1.165, 1.54) is 38.8 Å². The molecule has 3 rings (SSSR count). The Morgan fingerprint density at radius 2 is 2.26 bits per heavy atom. The number of anilines is 1. The van der Waals surface area contributed by atoms with Crippen LogP contribution in [0.5, 0.6) is 0 Å². The summed E-state index contributed by atoms with van der Waals surface area (Å²) in [6.07, 6.45) is 5.06. The number of rotatable bonds is 2. The van der Waals surface area contributed by atoms with E-state index in [1.807, 2.05) is 19.1 Å². The highest BCUT2D eigenvalue weighted by atomic mass is 15.2. The maximum absolute atomic E-state index is 9.00. The van der Waals surface area contributed by atoms with Crippen molar-refractivity contribution in [3.63, 3.8) is 0 Å². The lowest BCUT2D eigenvalue weighted by atomic mass is 9.97. The average Bonchev–Trinajstić information content (AvgIpc) is 2.85. The van der Waals surface area contributed by atoms with Crippen LogP contribution in [0.15, 0.2) is 12.1 Å². The van der Waals surface area contributed by atoms with Gasteiger partial charge in [-0.3, -0.25) is 0 Å². The second kappa shape index (κ2) is 5.18. The Bertz CT molecular complexity index is 505. The minimum atomic E-state index is 0.500. The number of aryl methyl sites for hydroxylation is 1. The molecule has 2 unspecified atom stereocenters. The maximum atomic E-state index is 9.00. The zero-order valence-corrected chi connectivity index (χ0v) is 11.4. The smallest absolute Gasteiger partial charge is 0.127 e. The van der Waals surface area contributed by atoms with Gasteiger partial charge < -0.3 is 10.2 Å². The fourth-order valence-corrected chi connectivity index (χ4v) is 3.37. The maximum Gasteiger partial charge on any atom is 0.127 e. The summed E-state index contributed by atoms with van der Waals surface area (Å²) in [5.74, 6) is 0.855. The summed E-state index contributed by atoms with van der Waals surface area (Å²) in [5.41, 5.74) is 1.59. The van der Waals surface area contributed by atoms with Crippen molar-refractivity contribution >= 4 is 5.82 Å². The predicted octanol–water partition coefficient (Wildman–Crippen LogP) is 2.30. The van der Waals surface area contributed by atoms with Gasteiger partial charge in [-0.15, -0.1) is 0 Å². The van der Waals surface area contributed by atoms with E-state index < -0.39 is 0 Å². The quantitative estimate of drug-likeness (QED) is 0.882. The van der Waals surface area contributed by atoms with Crippen LogP contribution in [0.2, 0.25) is 0 Å². The van der Waals surface area contributed by atoms with Crippen LogP contribution in [0.25, 0.3) is 0 Å². The molecule has 4 heteroatoms. The summed E-state index contributed by atoms with van der Waals surface area (Å²) in [5, 5.41) is 12.5. The molecular formula is C15H20N4. The number of hydrogen-bond donors (Lipinski definition) is 1. The van der Waals surface area contributed by atoms with Gasteiger partial charge >= 0.3 is 0 Å². The lowest BCUT2D eigenvalue weighted by Gasteiger charge is -2.35. The number of piperidine rings is 1. The third-order valence-corrected chi connectivity index (χ3v) is 4.25. The third-order valence-electron chi connectivity index (χ3n) is 4.25. The van der Waals surface area contributed by atoms with Crippen LogP contribution in [-0.2, 0) is 0 Å². The van der Waals surface area contributed by atoms with E-state index in [1.54, 1.807) is 0 Å². The van der Waals surface area contributed by atoms with Crippen LogP contribution < -0.4 is 5.32 Å². The standard InChI is InChI=1S/C15H20N4/c1-11-7-12(10-16)8-15(17-11)18-13-4-6-19-5-2-3-14(19)9-13/h7-8,13-14H,2-6,9H2,1H3,(H,17,18). The Labute approximate surface area is 114 Å². The number of hydrogen-bond acceptors (Lipinski definition) is 4. The van der Waals surface area contributed by atoms with Crippen molar-refractivity contribution in [3.8, 4) is 6.07 Å². The average molecular weight is 256 g/mol. The summed E-state index contributed by atoms with van der Waals surface area (Å²) in [7, 11) is 0. The Morgan fingerprint density at radius 3 is 3.11 bits per heavy atom. The van der Waals surface area contributed by atoms with Crippen molar-refractivity contribution in [3.05, 3.63) is 23.4 Å². The van der Waals surface area contributed by atoms with Crippen molar-refractivity contribution in [2.45, 2.75) is 44.7 Å². The Morgan fingerprint density at radius 1 is 1.37 bits per heavy atom. The van der Waals surface area contributed by atoms with E-state index in [2.05, 4.69) is 21.3 Å². The zero-order valence-electron chi connectivity index (χ0n) is 11.4. The Kier molecular flexibility index (Phi) is 3.39. The lowest BCUT2D eigenvalue weighted by Crippen LogP contribution is -2.42. The minimum absolute atomic E-state index is 0.500. The molecule has 0 aromatic carbocycles. The molecule has 4 nitrogen and oxygen atoms in total. The zero-order chi connectivity index (χ0) is 13.2. The second-order valence-corrected chi connectivity index (χ2v) is 5.69. The predicted molar refractivity (Wildman–Crippen MR) is 74.9 cm³/mol. The van der Waals surface area contributed by atoms with E-state index >= 15 is 0 Å². The topological polar surface area (TPSA) is 52.0 Å². The van der Waals surface area contributed by atoms with Gasteiger partial charge in [-0.2, -0.15) is 5.26 Å². The molecule has 2 atom stereocenters. The molecule has 1 aromatic heterocycles. The third kappa shape index (κ3) is 2.71. The van der Waals surface area contributed by atoms with Crippen molar-refractivity contribution < 1.29 is 0 Å². The first kappa shape index (κ1) is 12.4. The Balaban J connectivity index is 1.68. The fraction of sp³-hybridized carbons (Fsp3) is 0.600. The summed E-state index contributed by atoms with van der Waals surface area (Å²) in [6, 6.07) is 7.13. The van der Waals surface area contributed by atoms with Gasteiger partial charge in [0.05, 0.1) is 11.6 Å². The monoisotopic (exact) mass is 256 g/mol. The molecule has 0 amide bonds. The molecule has 0 bridgehead atoms. The van der Waals surface area contributed by atoms with E-state index in [0.29, 0.717) is 11.6 Å². The first-order chi connectivity index (χ1) is 9.24. The number of pyridine rings is 1. The van der Waals surface area contributed by atoms with E-state index in [0.717, 1.165) is 17.6 Å². The highest BCUT2D eigenvalue weighted by Crippen LogP contribution is 2.28. The van der Waals surface area contributed by atoms with Crippen molar-refractivity contribution in [2.75, 3.05) is 18.4 Å². The molecule has 0 aliphatic carbocycles. The van der Waals surface area contributed by atoms with Crippen LogP contribution in [0, 0.1) is 18.3 Å². The van der Waals surface area contributed by atoms with Crippen LogP contribution in [0.3, 0.4) is 0 Å². The molecule has 2 aliphatic rings. The van der Waals surface area contributed by atoms with Gasteiger partial charge in [0.15, 0.2) is 0 Å². The molecule has 0 spiro atoms. The van der Waals surface area contributed by atoms with Gasteiger partial charge in [0.1, 0.15) is 5.82 Å². The number of fused-ring (bicyclic) bond motifs is 1. The highest BCUT2D eigenvalue weighted by Gasteiger charge is 2.31. The van der Waals surface area contributed by atoms with Gasteiger partial charge in [0, 0.05) is 24.3 Å². The molecule has 2 fully saturated rings. The van der Waals surface area contributed by atoms with Gasteiger partial charge in [0.2, 0.25) is 0 Å². The highest BCUT2D eigenvalue weighted by molar-refractivity contribution is 5.45. The second-order valence-electron chi connectivity index (χ2n) is 5.69. The number of nitriles is 1. The molecule has 1 aromatic rings. The summed E-state index contributed by atoms with van der Waals surface area (Å²) in [6.45, 7) is 4.41. The molecule has 3 heterocycles. The molecule has 1 N–H and O–H groups in total. The summed E-state index contributed by atoms with van der Waals surface area (Å²) >= 11 is 0. The van der Waals surface area contributed by atoms with Crippen LogP contribution in [0.4, 0.5) is 5.82 Å². The van der Waals surface area contributed by atoms with Gasteiger partial charge in [-0.25, -0.2) is 4.98 Å². The number of aromatic nitrogens is 1. The SMILES string of the molecule is Cc1cc(C#N)cc(NC2CCN3CCCC3C2)n1. The van der Waals surface area contributed by atoms with Gasteiger partial charge in [-0.05, 0) is 51.3 Å². The van der Waals surface area contributed by atoms with Crippen LogP contribution >= 0.6 is 0 Å². The van der Waals surface area contributed by atoms with Gasteiger partial charge in [-0.1, -0.05) is 0 Å². The van der Waals surface area contributed by atoms with Crippen LogP contribution in [0.1, 0.15) is 36.9 Å². The fourth-order valence-electron chi connectivity index (χ4n) is 3.37. The molecule has 2 saturated heterocycles. The first-order valence-corrected chi connectivity index (χ1v) is 7.14. The van der Waals surface area contributed by atoms with Crippen LogP contribution in [-0.4, -0.2) is 35.1 Å². The summed E-state index contributed by atoms with van der Waals surface area (Å²) in [4.78, 5) is 7.10. The minimum Gasteiger partial charge on any atom is -0.367 e. The molecule has 0 radical (unpaired) electrons. The summed E-state index contributed by atoms with van der Waals surface area (Å²) < 4.78 is 0. The number of nitrogens with one attached hydrogen (secondary N) is 1. The molecule has 100 valence electrons.